The molecule has 2 aromatic carbocycles. The molecule has 0 N–H and O–H groups in total. The van der Waals surface area contributed by atoms with Gasteiger partial charge in [0, 0.05) is 11.0 Å². The van der Waals surface area contributed by atoms with Crippen LogP contribution in [0.2, 0.25) is 0 Å². The van der Waals surface area contributed by atoms with Gasteiger partial charge in [0.25, 0.3) is 5.91 Å². The number of carbonyl (C=O) groups is 2. The monoisotopic (exact) mass is 478 g/mol. The van der Waals surface area contributed by atoms with Crippen LogP contribution in [0.4, 0.5) is 5.69 Å². The molecule has 9 heteroatoms. The zero-order valence-corrected chi connectivity index (χ0v) is 18.0. The van der Waals surface area contributed by atoms with Crippen molar-refractivity contribution in [3.05, 3.63) is 65.7 Å². The summed E-state index contributed by atoms with van der Waals surface area (Å²) < 4.78 is 33.2. The highest BCUT2D eigenvalue weighted by atomic mass is 79.9. The van der Waals surface area contributed by atoms with Gasteiger partial charge in [-0.15, -0.1) is 6.58 Å². The normalized spacial score (nSPS) is 17.1. The number of benzene rings is 2. The van der Waals surface area contributed by atoms with Crippen molar-refractivity contribution in [2.75, 3.05) is 18.6 Å². The molecule has 1 heterocycles. The van der Waals surface area contributed by atoms with Gasteiger partial charge in [-0.1, -0.05) is 22.0 Å². The van der Waals surface area contributed by atoms with Gasteiger partial charge in [0.2, 0.25) is 15.9 Å². The van der Waals surface area contributed by atoms with E-state index in [2.05, 4.69) is 22.5 Å². The molecule has 0 aliphatic carbocycles. The molecule has 1 aliphatic rings. The molecule has 1 aliphatic heterocycles. The highest BCUT2D eigenvalue weighted by Crippen LogP contribution is 2.30. The number of nitrogens with zero attached hydrogens (tertiary/aromatic N) is 2. The summed E-state index contributed by atoms with van der Waals surface area (Å²) in [5, 5.41) is 0. The van der Waals surface area contributed by atoms with E-state index in [1.807, 2.05) is 0 Å². The van der Waals surface area contributed by atoms with Gasteiger partial charge in [-0.2, -0.15) is 4.31 Å². The molecule has 0 bridgehead atoms. The van der Waals surface area contributed by atoms with Gasteiger partial charge in [0.1, 0.15) is 11.8 Å². The highest BCUT2D eigenvalue weighted by Gasteiger charge is 2.46. The zero-order valence-electron chi connectivity index (χ0n) is 15.6. The van der Waals surface area contributed by atoms with Crippen molar-refractivity contribution >= 4 is 43.5 Å². The number of hydrogen-bond acceptors (Lipinski definition) is 5. The molecule has 7 nitrogen and oxygen atoms in total. The smallest absolute Gasteiger partial charge is 0.252 e. The Bertz CT molecular complexity index is 1040. The number of methoxy groups -OCH3 is 1. The van der Waals surface area contributed by atoms with E-state index in [9.17, 15) is 18.0 Å². The molecule has 1 saturated heterocycles. The van der Waals surface area contributed by atoms with Crippen molar-refractivity contribution in [1.29, 1.82) is 0 Å². The Morgan fingerprint density at radius 2 is 1.79 bits per heavy atom. The second kappa shape index (κ2) is 8.48. The number of ether oxygens (including phenoxy) is 1. The first kappa shape index (κ1) is 21.2. The second-order valence-electron chi connectivity index (χ2n) is 6.30. The van der Waals surface area contributed by atoms with E-state index in [-0.39, 0.29) is 17.9 Å². The summed E-state index contributed by atoms with van der Waals surface area (Å²) in [7, 11) is -2.50. The lowest BCUT2D eigenvalue weighted by Crippen LogP contribution is -2.45. The van der Waals surface area contributed by atoms with E-state index in [1.165, 1.54) is 25.3 Å². The number of rotatable bonds is 7. The maximum Gasteiger partial charge on any atom is 0.252 e. The summed E-state index contributed by atoms with van der Waals surface area (Å²) >= 11 is 3.27. The van der Waals surface area contributed by atoms with Crippen molar-refractivity contribution < 1.29 is 22.7 Å². The molecular weight excluding hydrogens is 460 g/mol. The number of sulfonamides is 1. The Morgan fingerprint density at radius 1 is 1.17 bits per heavy atom. The number of anilines is 1. The van der Waals surface area contributed by atoms with Crippen LogP contribution < -0.4 is 9.64 Å². The molecule has 1 atom stereocenters. The lowest BCUT2D eigenvalue weighted by atomic mass is 10.2. The third-order valence-electron chi connectivity index (χ3n) is 4.53. The molecule has 3 rings (SSSR count). The topological polar surface area (TPSA) is 84.0 Å². The number of halogens is 1. The van der Waals surface area contributed by atoms with Crippen LogP contribution in [0.1, 0.15) is 6.42 Å². The molecule has 2 amide bonds. The van der Waals surface area contributed by atoms with Gasteiger partial charge in [0.05, 0.1) is 24.1 Å². The fourth-order valence-electron chi connectivity index (χ4n) is 3.11. The predicted molar refractivity (Wildman–Crippen MR) is 112 cm³/mol. The fourth-order valence-corrected chi connectivity index (χ4v) is 4.92. The molecule has 0 saturated carbocycles. The Balaban J connectivity index is 1.95. The summed E-state index contributed by atoms with van der Waals surface area (Å²) in [5.41, 5.74) is 0.364. The lowest BCUT2D eigenvalue weighted by molar-refractivity contribution is -0.122. The van der Waals surface area contributed by atoms with Crippen molar-refractivity contribution in [2.45, 2.75) is 17.4 Å². The largest absolute Gasteiger partial charge is 0.497 e. The summed E-state index contributed by atoms with van der Waals surface area (Å²) in [5.74, 6) is -0.483. The van der Waals surface area contributed by atoms with E-state index in [0.29, 0.717) is 11.4 Å². The van der Waals surface area contributed by atoms with E-state index >= 15 is 0 Å². The molecule has 0 radical (unpaired) electrons. The molecular formula is C20H19BrN2O5S. The Kier molecular flexibility index (Phi) is 6.21. The first-order valence-corrected chi connectivity index (χ1v) is 10.9. The van der Waals surface area contributed by atoms with Crippen molar-refractivity contribution in [2.24, 2.45) is 0 Å². The summed E-state index contributed by atoms with van der Waals surface area (Å²) in [6, 6.07) is 11.4. The Labute approximate surface area is 177 Å². The second-order valence-corrected chi connectivity index (χ2v) is 9.11. The average Bonchev–Trinajstić information content (AvgIpc) is 3.00. The zero-order chi connectivity index (χ0) is 21.2. The minimum Gasteiger partial charge on any atom is -0.497 e. The van der Waals surface area contributed by atoms with Crippen LogP contribution in [-0.2, 0) is 19.6 Å². The number of amides is 2. The van der Waals surface area contributed by atoms with Gasteiger partial charge >= 0.3 is 0 Å². The van der Waals surface area contributed by atoms with Crippen molar-refractivity contribution in [1.82, 2.24) is 4.31 Å². The van der Waals surface area contributed by atoms with E-state index in [4.69, 9.17) is 4.74 Å². The maximum absolute atomic E-state index is 13.2. The molecule has 1 fully saturated rings. The van der Waals surface area contributed by atoms with Crippen molar-refractivity contribution in [3.8, 4) is 5.75 Å². The highest BCUT2D eigenvalue weighted by molar-refractivity contribution is 9.10. The first-order chi connectivity index (χ1) is 13.8. The van der Waals surface area contributed by atoms with Crippen LogP contribution in [0.25, 0.3) is 0 Å². The minimum absolute atomic E-state index is 0.0331. The number of hydrogen-bond donors (Lipinski definition) is 0. The van der Waals surface area contributed by atoms with Crippen LogP contribution in [0.3, 0.4) is 0 Å². The van der Waals surface area contributed by atoms with Gasteiger partial charge in [-0.05, 0) is 48.5 Å². The number of imide groups is 1. The molecule has 0 spiro atoms. The van der Waals surface area contributed by atoms with Crippen LogP contribution in [0.5, 0.6) is 5.75 Å². The third-order valence-corrected chi connectivity index (χ3v) is 6.95. The van der Waals surface area contributed by atoms with Gasteiger partial charge < -0.3 is 4.74 Å². The van der Waals surface area contributed by atoms with E-state index in [0.717, 1.165) is 13.7 Å². The number of carbonyl (C=O) groups excluding carboxylic acids is 2. The van der Waals surface area contributed by atoms with Gasteiger partial charge in [-0.25, -0.2) is 13.3 Å². The van der Waals surface area contributed by atoms with Gasteiger partial charge in [-0.3, -0.25) is 9.59 Å². The van der Waals surface area contributed by atoms with Gasteiger partial charge in [0.15, 0.2) is 0 Å². The average molecular weight is 479 g/mol. The van der Waals surface area contributed by atoms with Crippen LogP contribution in [0, 0.1) is 0 Å². The fraction of sp³-hybridized carbons (Fsp3) is 0.200. The molecule has 2 aromatic rings. The summed E-state index contributed by atoms with van der Waals surface area (Å²) in [6.45, 7) is 3.50. The SMILES string of the molecule is C=CCN(C1CC(=O)N(c2ccc(OC)cc2)C1=O)S(=O)(=O)c1ccc(Br)cc1. The molecule has 0 aromatic heterocycles. The van der Waals surface area contributed by atoms with E-state index in [1.54, 1.807) is 36.4 Å². The summed E-state index contributed by atoms with van der Waals surface area (Å²) in [6.07, 6.45) is 1.15. The third kappa shape index (κ3) is 4.12. The summed E-state index contributed by atoms with van der Waals surface area (Å²) in [4.78, 5) is 26.7. The predicted octanol–water partition coefficient (Wildman–Crippen LogP) is 2.97. The molecule has 152 valence electrons. The molecule has 1 unspecified atom stereocenters. The van der Waals surface area contributed by atoms with Crippen LogP contribution in [-0.4, -0.2) is 44.2 Å². The van der Waals surface area contributed by atoms with E-state index < -0.39 is 27.9 Å². The standard InChI is InChI=1S/C20H19BrN2O5S/c1-3-12-22(29(26,27)17-10-4-14(21)5-11-17)18-13-19(24)23(20(18)25)15-6-8-16(28-2)9-7-15/h3-11,18H,1,12-13H2,2H3. The van der Waals surface area contributed by atoms with Crippen LogP contribution in [0.15, 0.2) is 70.6 Å². The Morgan fingerprint density at radius 3 is 2.34 bits per heavy atom. The maximum atomic E-state index is 13.2. The quantitative estimate of drug-likeness (QED) is 0.451. The Hall–Kier alpha value is -2.49. The minimum atomic E-state index is -4.01. The lowest BCUT2D eigenvalue weighted by Gasteiger charge is -2.25. The first-order valence-electron chi connectivity index (χ1n) is 8.68. The van der Waals surface area contributed by atoms with Crippen molar-refractivity contribution in [3.63, 3.8) is 0 Å². The van der Waals surface area contributed by atoms with Crippen LogP contribution >= 0.6 is 15.9 Å². The molecule has 29 heavy (non-hydrogen) atoms.